The second-order valence-electron chi connectivity index (χ2n) is 4.41. The van der Waals surface area contributed by atoms with Crippen molar-refractivity contribution < 1.29 is 0 Å². The molecule has 0 aliphatic rings. The summed E-state index contributed by atoms with van der Waals surface area (Å²) in [5, 5.41) is 6.55. The number of imidazole rings is 1. The summed E-state index contributed by atoms with van der Waals surface area (Å²) in [5.74, 6) is 1.51. The Morgan fingerprint density at radius 2 is 2.14 bits per heavy atom. The first-order valence-electron chi connectivity index (χ1n) is 6.47. The van der Waals surface area contributed by atoms with E-state index in [1.165, 1.54) is 0 Å². The van der Waals surface area contributed by atoms with Crippen LogP contribution in [0.25, 0.3) is 5.65 Å². The summed E-state index contributed by atoms with van der Waals surface area (Å²) in [7, 11) is 0. The number of rotatable bonds is 4. The molecule has 0 aliphatic carbocycles. The van der Waals surface area contributed by atoms with E-state index in [2.05, 4.69) is 52.5 Å². The highest BCUT2D eigenvalue weighted by Gasteiger charge is 2.09. The third-order valence-electron chi connectivity index (χ3n) is 2.91. The van der Waals surface area contributed by atoms with Crippen LogP contribution in [0.4, 0.5) is 17.3 Å². The Morgan fingerprint density at radius 3 is 2.95 bits per heavy atom. The van der Waals surface area contributed by atoms with Crippen LogP contribution in [0.2, 0.25) is 0 Å². The highest BCUT2D eigenvalue weighted by atomic mass is 79.9. The molecular formula is C14H13Br2N5. The number of aromatic nitrogens is 3. The standard InChI is InChI=1S/C14H13Br2N5/c1-2-17-12-8-21-6-5-18-14(21)13(20-12)19-11-7-9(15)3-4-10(11)16/h3-8,17H,2H2,1H3,(H,19,20). The van der Waals surface area contributed by atoms with E-state index in [0.717, 1.165) is 32.6 Å². The van der Waals surface area contributed by atoms with Gasteiger partial charge in [-0.05, 0) is 41.1 Å². The Labute approximate surface area is 139 Å². The second-order valence-corrected chi connectivity index (χ2v) is 6.18. The number of anilines is 3. The largest absolute Gasteiger partial charge is 0.369 e. The van der Waals surface area contributed by atoms with Gasteiger partial charge in [0.25, 0.3) is 0 Å². The molecule has 2 heterocycles. The lowest BCUT2D eigenvalue weighted by atomic mass is 10.3. The van der Waals surface area contributed by atoms with Crippen molar-refractivity contribution in [2.75, 3.05) is 17.2 Å². The van der Waals surface area contributed by atoms with Crippen LogP contribution in [0.15, 0.2) is 45.7 Å². The summed E-state index contributed by atoms with van der Waals surface area (Å²) in [6.07, 6.45) is 5.58. The molecule has 21 heavy (non-hydrogen) atoms. The lowest BCUT2D eigenvalue weighted by Gasteiger charge is -2.11. The number of hydrogen-bond donors (Lipinski definition) is 2. The van der Waals surface area contributed by atoms with Crippen molar-refractivity contribution in [3.05, 3.63) is 45.7 Å². The fraction of sp³-hybridized carbons (Fsp3) is 0.143. The zero-order valence-electron chi connectivity index (χ0n) is 11.3. The van der Waals surface area contributed by atoms with Crippen LogP contribution in [0.1, 0.15) is 6.92 Å². The zero-order valence-corrected chi connectivity index (χ0v) is 14.4. The Balaban J connectivity index is 2.06. The molecule has 0 spiro atoms. The van der Waals surface area contributed by atoms with Crippen LogP contribution in [-0.2, 0) is 0 Å². The molecule has 0 saturated heterocycles. The highest BCUT2D eigenvalue weighted by molar-refractivity contribution is 9.11. The van der Waals surface area contributed by atoms with Gasteiger partial charge in [0.05, 0.1) is 11.9 Å². The fourth-order valence-corrected chi connectivity index (χ4v) is 2.71. The molecule has 0 amide bonds. The van der Waals surface area contributed by atoms with Gasteiger partial charge >= 0.3 is 0 Å². The molecule has 3 aromatic rings. The highest BCUT2D eigenvalue weighted by Crippen LogP contribution is 2.30. The first kappa shape index (κ1) is 14.3. The minimum atomic E-state index is 0.706. The van der Waals surface area contributed by atoms with Gasteiger partial charge in [-0.1, -0.05) is 15.9 Å². The molecule has 7 heteroatoms. The van der Waals surface area contributed by atoms with Crippen molar-refractivity contribution in [2.24, 2.45) is 0 Å². The van der Waals surface area contributed by atoms with Gasteiger partial charge in [0.1, 0.15) is 5.82 Å². The number of hydrogen-bond acceptors (Lipinski definition) is 4. The lowest BCUT2D eigenvalue weighted by Crippen LogP contribution is -2.05. The molecule has 2 N–H and O–H groups in total. The van der Waals surface area contributed by atoms with E-state index < -0.39 is 0 Å². The average molecular weight is 411 g/mol. The Bertz CT molecular complexity index is 784. The molecule has 0 aliphatic heterocycles. The lowest BCUT2D eigenvalue weighted by molar-refractivity contribution is 1.09. The van der Waals surface area contributed by atoms with Crippen molar-refractivity contribution >= 4 is 54.8 Å². The molecule has 0 saturated carbocycles. The van der Waals surface area contributed by atoms with Crippen molar-refractivity contribution in [1.29, 1.82) is 0 Å². The van der Waals surface area contributed by atoms with E-state index in [1.54, 1.807) is 6.20 Å². The topological polar surface area (TPSA) is 54.2 Å². The molecule has 2 aromatic heterocycles. The molecule has 108 valence electrons. The Morgan fingerprint density at radius 1 is 1.29 bits per heavy atom. The maximum Gasteiger partial charge on any atom is 0.180 e. The van der Waals surface area contributed by atoms with Gasteiger partial charge in [0.15, 0.2) is 11.5 Å². The SMILES string of the molecule is CCNc1cn2ccnc2c(Nc2cc(Br)ccc2Br)n1. The third-order valence-corrected chi connectivity index (χ3v) is 4.10. The van der Waals surface area contributed by atoms with Crippen LogP contribution in [-0.4, -0.2) is 20.9 Å². The quantitative estimate of drug-likeness (QED) is 0.667. The minimum Gasteiger partial charge on any atom is -0.369 e. The Hall–Kier alpha value is -1.60. The normalized spacial score (nSPS) is 10.8. The molecule has 0 unspecified atom stereocenters. The predicted octanol–water partition coefficient (Wildman–Crippen LogP) is 4.43. The van der Waals surface area contributed by atoms with Crippen LogP contribution in [0, 0.1) is 0 Å². The van der Waals surface area contributed by atoms with Crippen molar-refractivity contribution in [3.63, 3.8) is 0 Å². The molecule has 3 rings (SSSR count). The van der Waals surface area contributed by atoms with Gasteiger partial charge in [-0.25, -0.2) is 9.97 Å². The zero-order chi connectivity index (χ0) is 14.8. The fourth-order valence-electron chi connectivity index (χ4n) is 2.00. The maximum absolute atomic E-state index is 4.59. The number of nitrogens with zero attached hydrogens (tertiary/aromatic N) is 3. The van der Waals surface area contributed by atoms with Gasteiger partial charge in [-0.15, -0.1) is 0 Å². The third kappa shape index (κ3) is 3.03. The Kier molecular flexibility index (Phi) is 4.12. The number of halogens is 2. The van der Waals surface area contributed by atoms with Gasteiger partial charge in [-0.2, -0.15) is 0 Å². The molecule has 0 atom stereocenters. The van der Waals surface area contributed by atoms with Gasteiger partial charge in [0.2, 0.25) is 0 Å². The second kappa shape index (κ2) is 6.03. The summed E-state index contributed by atoms with van der Waals surface area (Å²) in [6.45, 7) is 2.85. The summed E-state index contributed by atoms with van der Waals surface area (Å²) in [6, 6.07) is 5.94. The maximum atomic E-state index is 4.59. The molecule has 0 radical (unpaired) electrons. The predicted molar refractivity (Wildman–Crippen MR) is 92.3 cm³/mol. The number of fused-ring (bicyclic) bond motifs is 1. The van der Waals surface area contributed by atoms with Gasteiger partial charge in [0, 0.05) is 27.9 Å². The van der Waals surface area contributed by atoms with E-state index in [1.807, 2.05) is 41.9 Å². The van der Waals surface area contributed by atoms with E-state index >= 15 is 0 Å². The van der Waals surface area contributed by atoms with E-state index in [0.29, 0.717) is 5.82 Å². The van der Waals surface area contributed by atoms with Crippen LogP contribution in [0.3, 0.4) is 0 Å². The van der Waals surface area contributed by atoms with E-state index in [9.17, 15) is 0 Å². The van der Waals surface area contributed by atoms with Crippen LogP contribution >= 0.6 is 31.9 Å². The summed E-state index contributed by atoms with van der Waals surface area (Å²) >= 11 is 7.01. The van der Waals surface area contributed by atoms with E-state index in [-0.39, 0.29) is 0 Å². The van der Waals surface area contributed by atoms with Gasteiger partial charge in [-0.3, -0.25) is 0 Å². The summed E-state index contributed by atoms with van der Waals surface area (Å²) < 4.78 is 3.90. The molecule has 5 nitrogen and oxygen atoms in total. The minimum absolute atomic E-state index is 0.706. The molecule has 0 bridgehead atoms. The molecule has 0 fully saturated rings. The number of nitrogens with one attached hydrogen (secondary N) is 2. The van der Waals surface area contributed by atoms with Crippen molar-refractivity contribution in [1.82, 2.24) is 14.4 Å². The van der Waals surface area contributed by atoms with Gasteiger partial charge < -0.3 is 15.0 Å². The average Bonchev–Trinajstić information content (AvgIpc) is 2.92. The summed E-state index contributed by atoms with van der Waals surface area (Å²) in [4.78, 5) is 8.94. The first-order chi connectivity index (χ1) is 10.2. The van der Waals surface area contributed by atoms with Crippen LogP contribution in [0.5, 0.6) is 0 Å². The molecule has 1 aromatic carbocycles. The monoisotopic (exact) mass is 409 g/mol. The first-order valence-corrected chi connectivity index (χ1v) is 8.05. The number of benzene rings is 1. The smallest absolute Gasteiger partial charge is 0.180 e. The summed E-state index contributed by atoms with van der Waals surface area (Å²) in [5.41, 5.74) is 1.71. The van der Waals surface area contributed by atoms with Crippen molar-refractivity contribution in [3.8, 4) is 0 Å². The molecular weight excluding hydrogens is 398 g/mol. The van der Waals surface area contributed by atoms with Crippen LogP contribution < -0.4 is 10.6 Å². The van der Waals surface area contributed by atoms with Crippen molar-refractivity contribution in [2.45, 2.75) is 6.92 Å². The van der Waals surface area contributed by atoms with E-state index in [4.69, 9.17) is 0 Å².